The van der Waals surface area contributed by atoms with Crippen LogP contribution in [0.25, 0.3) is 0 Å². The molecule has 1 aromatic carbocycles. The summed E-state index contributed by atoms with van der Waals surface area (Å²) in [6.45, 7) is 0. The van der Waals surface area contributed by atoms with E-state index in [0.717, 1.165) is 18.2 Å². The van der Waals surface area contributed by atoms with Gasteiger partial charge in [0.05, 0.1) is 17.2 Å². The minimum Gasteiger partial charge on any atom is -0.507 e. The lowest BCUT2D eigenvalue weighted by Gasteiger charge is -2.08. The van der Waals surface area contributed by atoms with Crippen LogP contribution in [0.2, 0.25) is 0 Å². The molecule has 0 aliphatic heterocycles. The summed E-state index contributed by atoms with van der Waals surface area (Å²) in [6.07, 6.45) is -2.99. The normalized spacial score (nSPS) is 11.4. The molecule has 1 N–H and O–H groups in total. The van der Waals surface area contributed by atoms with Gasteiger partial charge in [0, 0.05) is 6.08 Å². The Morgan fingerprint density at radius 3 is 2.59 bits per heavy atom. The number of carbonyl (C=O) groups is 1. The number of hydrogen-bond donors (Lipinski definition) is 1. The topological polar surface area (TPSA) is 61.1 Å². The van der Waals surface area contributed by atoms with E-state index in [1.165, 1.54) is 6.07 Å². The standard InChI is InChI=1S/C11H6F3NO2/c12-11(13,14)7-3-4-10(17)8(6-7)9(16)2-1-5-15/h1-4,6,17H/b2-1+. The maximum Gasteiger partial charge on any atom is 0.416 e. The van der Waals surface area contributed by atoms with Crippen LogP contribution in [0.15, 0.2) is 30.4 Å². The molecule has 0 fully saturated rings. The monoisotopic (exact) mass is 241 g/mol. The SMILES string of the molecule is N#C/C=C/C(=O)c1cc(C(F)(F)F)ccc1O. The molecule has 17 heavy (non-hydrogen) atoms. The summed E-state index contributed by atoms with van der Waals surface area (Å²) in [5, 5.41) is 17.4. The molecule has 0 saturated carbocycles. The molecule has 1 aromatic rings. The molecule has 0 aromatic heterocycles. The number of benzene rings is 1. The van der Waals surface area contributed by atoms with Gasteiger partial charge < -0.3 is 5.11 Å². The lowest BCUT2D eigenvalue weighted by molar-refractivity contribution is -0.137. The van der Waals surface area contributed by atoms with Gasteiger partial charge in [-0.05, 0) is 24.3 Å². The van der Waals surface area contributed by atoms with E-state index in [1.54, 1.807) is 0 Å². The lowest BCUT2D eigenvalue weighted by Crippen LogP contribution is -2.07. The van der Waals surface area contributed by atoms with Crippen LogP contribution >= 0.6 is 0 Å². The third-order valence-electron chi connectivity index (χ3n) is 1.90. The van der Waals surface area contributed by atoms with Crippen molar-refractivity contribution in [3.63, 3.8) is 0 Å². The number of alkyl halides is 3. The number of hydrogen-bond acceptors (Lipinski definition) is 3. The number of carbonyl (C=O) groups excluding carboxylic acids is 1. The van der Waals surface area contributed by atoms with E-state index in [-0.39, 0.29) is 0 Å². The highest BCUT2D eigenvalue weighted by Gasteiger charge is 2.31. The number of aromatic hydroxyl groups is 1. The second-order valence-corrected chi connectivity index (χ2v) is 3.06. The fourth-order valence-corrected chi connectivity index (χ4v) is 1.11. The number of phenols is 1. The summed E-state index contributed by atoms with van der Waals surface area (Å²) in [7, 11) is 0. The van der Waals surface area contributed by atoms with Crippen LogP contribution in [0.3, 0.4) is 0 Å². The van der Waals surface area contributed by atoms with Gasteiger partial charge in [-0.2, -0.15) is 18.4 Å². The molecule has 0 atom stereocenters. The molecule has 0 aliphatic carbocycles. The molecule has 0 amide bonds. The molecule has 0 saturated heterocycles. The van der Waals surface area contributed by atoms with Gasteiger partial charge >= 0.3 is 6.18 Å². The Bertz CT molecular complexity index is 512. The van der Waals surface area contributed by atoms with Crippen LogP contribution in [0.5, 0.6) is 5.75 Å². The molecule has 0 radical (unpaired) electrons. The van der Waals surface area contributed by atoms with E-state index in [2.05, 4.69) is 0 Å². The minimum absolute atomic E-state index is 0.494. The van der Waals surface area contributed by atoms with Gasteiger partial charge in [0.25, 0.3) is 0 Å². The predicted molar refractivity (Wildman–Crippen MR) is 52.2 cm³/mol. The van der Waals surface area contributed by atoms with Gasteiger partial charge in [-0.15, -0.1) is 0 Å². The number of phenolic OH excluding ortho intramolecular Hbond substituents is 1. The molecule has 0 bridgehead atoms. The highest BCUT2D eigenvalue weighted by molar-refractivity contribution is 6.06. The van der Waals surface area contributed by atoms with Gasteiger partial charge in [-0.3, -0.25) is 4.79 Å². The number of ketones is 1. The summed E-state index contributed by atoms with van der Waals surface area (Å²) < 4.78 is 37.1. The van der Waals surface area contributed by atoms with Crippen molar-refractivity contribution in [3.05, 3.63) is 41.5 Å². The Morgan fingerprint density at radius 1 is 1.41 bits per heavy atom. The Morgan fingerprint density at radius 2 is 2.06 bits per heavy atom. The smallest absolute Gasteiger partial charge is 0.416 e. The number of halogens is 3. The third-order valence-corrected chi connectivity index (χ3v) is 1.90. The molecular formula is C11H6F3NO2. The van der Waals surface area contributed by atoms with Crippen molar-refractivity contribution in [2.45, 2.75) is 6.18 Å². The summed E-state index contributed by atoms with van der Waals surface area (Å²) in [5.74, 6) is -1.43. The molecule has 1 rings (SSSR count). The first-order chi connectivity index (χ1) is 7.86. The fourth-order valence-electron chi connectivity index (χ4n) is 1.11. The predicted octanol–water partition coefficient (Wildman–Crippen LogP) is 2.67. The zero-order valence-corrected chi connectivity index (χ0v) is 8.32. The molecule has 6 heteroatoms. The maximum absolute atomic E-state index is 12.4. The number of rotatable bonds is 2. The fraction of sp³-hybridized carbons (Fsp3) is 0.0909. The molecule has 0 aliphatic rings. The van der Waals surface area contributed by atoms with Crippen LogP contribution in [-0.2, 0) is 6.18 Å². The summed E-state index contributed by atoms with van der Waals surface area (Å²) in [5.41, 5.74) is -1.53. The highest BCUT2D eigenvalue weighted by atomic mass is 19.4. The second kappa shape index (κ2) is 4.70. The van der Waals surface area contributed by atoms with Crippen LogP contribution in [0.4, 0.5) is 13.2 Å². The van der Waals surface area contributed by atoms with E-state index >= 15 is 0 Å². The Balaban J connectivity index is 3.21. The van der Waals surface area contributed by atoms with Gasteiger partial charge in [0.1, 0.15) is 5.75 Å². The molecule has 0 unspecified atom stereocenters. The minimum atomic E-state index is -4.60. The van der Waals surface area contributed by atoms with Crippen molar-refractivity contribution in [3.8, 4) is 11.8 Å². The van der Waals surface area contributed by atoms with Crippen molar-refractivity contribution < 1.29 is 23.1 Å². The van der Waals surface area contributed by atoms with Gasteiger partial charge in [-0.1, -0.05) is 0 Å². The van der Waals surface area contributed by atoms with E-state index in [9.17, 15) is 23.1 Å². The highest BCUT2D eigenvalue weighted by Crippen LogP contribution is 2.32. The first-order valence-electron chi connectivity index (χ1n) is 4.37. The van der Waals surface area contributed by atoms with Crippen molar-refractivity contribution in [2.24, 2.45) is 0 Å². The molecule has 88 valence electrons. The lowest BCUT2D eigenvalue weighted by atomic mass is 10.1. The Kier molecular flexibility index (Phi) is 3.53. The third kappa shape index (κ3) is 3.08. The Labute approximate surface area is 94.4 Å². The van der Waals surface area contributed by atoms with Crippen molar-refractivity contribution in [1.29, 1.82) is 5.26 Å². The average molecular weight is 241 g/mol. The maximum atomic E-state index is 12.4. The van der Waals surface area contributed by atoms with Gasteiger partial charge in [0.2, 0.25) is 0 Å². The summed E-state index contributed by atoms with van der Waals surface area (Å²) >= 11 is 0. The first-order valence-corrected chi connectivity index (χ1v) is 4.37. The number of allylic oxidation sites excluding steroid dienone is 2. The molecule has 0 heterocycles. The van der Waals surface area contributed by atoms with Crippen LogP contribution in [0.1, 0.15) is 15.9 Å². The van der Waals surface area contributed by atoms with Crippen LogP contribution in [-0.4, -0.2) is 10.9 Å². The van der Waals surface area contributed by atoms with E-state index < -0.39 is 28.8 Å². The van der Waals surface area contributed by atoms with Gasteiger partial charge in [0.15, 0.2) is 5.78 Å². The molecule has 0 spiro atoms. The van der Waals surface area contributed by atoms with Gasteiger partial charge in [-0.25, -0.2) is 0 Å². The molecular weight excluding hydrogens is 235 g/mol. The summed E-state index contributed by atoms with van der Waals surface area (Å²) in [4.78, 5) is 11.3. The van der Waals surface area contributed by atoms with Crippen LogP contribution < -0.4 is 0 Å². The summed E-state index contributed by atoms with van der Waals surface area (Å²) in [6, 6.07) is 3.52. The average Bonchev–Trinajstić information content (AvgIpc) is 2.24. The second-order valence-electron chi connectivity index (χ2n) is 3.06. The van der Waals surface area contributed by atoms with E-state index in [1.807, 2.05) is 0 Å². The molecule has 3 nitrogen and oxygen atoms in total. The van der Waals surface area contributed by atoms with E-state index in [0.29, 0.717) is 12.1 Å². The largest absolute Gasteiger partial charge is 0.507 e. The number of nitriles is 1. The van der Waals surface area contributed by atoms with Crippen molar-refractivity contribution in [1.82, 2.24) is 0 Å². The van der Waals surface area contributed by atoms with Crippen molar-refractivity contribution >= 4 is 5.78 Å². The van der Waals surface area contributed by atoms with E-state index in [4.69, 9.17) is 5.26 Å². The first kappa shape index (κ1) is 12.8. The van der Waals surface area contributed by atoms with Crippen LogP contribution in [0, 0.1) is 11.3 Å². The zero-order valence-electron chi connectivity index (χ0n) is 8.32. The zero-order chi connectivity index (χ0) is 13.1. The number of nitrogens with zero attached hydrogens (tertiary/aromatic N) is 1. The Hall–Kier alpha value is -2.29. The van der Waals surface area contributed by atoms with Crippen molar-refractivity contribution in [2.75, 3.05) is 0 Å². The quantitative estimate of drug-likeness (QED) is 0.492.